The molecule has 0 heterocycles. The van der Waals surface area contributed by atoms with E-state index >= 15 is 0 Å². The van der Waals surface area contributed by atoms with E-state index in [1.165, 1.54) is 0 Å². The molecule has 0 aliphatic carbocycles. The van der Waals surface area contributed by atoms with Crippen molar-refractivity contribution < 1.29 is 23.1 Å². The third-order valence-electron chi connectivity index (χ3n) is 1.60. The van der Waals surface area contributed by atoms with Gasteiger partial charge in [0.25, 0.3) is 0 Å². The van der Waals surface area contributed by atoms with E-state index in [0.29, 0.717) is 0 Å². The van der Waals surface area contributed by atoms with Gasteiger partial charge in [0.05, 0.1) is 13.7 Å². The number of methoxy groups -OCH3 is 1. The Balaban J connectivity index is 4.72. The van der Waals surface area contributed by atoms with Crippen LogP contribution in [0.1, 0.15) is 13.8 Å². The molecule has 0 saturated carbocycles. The van der Waals surface area contributed by atoms with E-state index in [9.17, 15) is 13.2 Å². The predicted octanol–water partition coefficient (Wildman–Crippen LogP) is -0.710. The lowest BCUT2D eigenvalue weighted by Gasteiger charge is -2.24. The topological polar surface area (TPSA) is 95.9 Å². The third-order valence-corrected chi connectivity index (χ3v) is 3.25. The fraction of sp³-hybridized carbons (Fsp3) is 0.857. The molecular weight excluding hydrogens is 224 g/mol. The first-order valence-corrected chi connectivity index (χ1v) is 5.77. The highest BCUT2D eigenvalue weighted by atomic mass is 32.2. The van der Waals surface area contributed by atoms with Gasteiger partial charge in [0.1, 0.15) is 0 Å². The highest BCUT2D eigenvalue weighted by Gasteiger charge is 2.26. The molecule has 7 nitrogen and oxygen atoms in total. The Bertz CT molecular complexity index is 301. The van der Waals surface area contributed by atoms with Gasteiger partial charge in [0.15, 0.2) is 0 Å². The molecule has 0 aromatic rings. The molecule has 8 heteroatoms. The van der Waals surface area contributed by atoms with E-state index < -0.39 is 16.3 Å². The number of aliphatic hydroxyl groups excluding tert-OH is 1. The molecule has 0 bridgehead atoms. The second-order valence-electron chi connectivity index (χ2n) is 3.03. The van der Waals surface area contributed by atoms with Crippen molar-refractivity contribution in [2.75, 3.05) is 20.3 Å². The molecule has 1 amide bonds. The summed E-state index contributed by atoms with van der Waals surface area (Å²) in [6.45, 7) is 2.86. The van der Waals surface area contributed by atoms with Crippen molar-refractivity contribution in [3.8, 4) is 0 Å². The van der Waals surface area contributed by atoms with Crippen LogP contribution in [-0.4, -0.2) is 50.2 Å². The molecule has 15 heavy (non-hydrogen) atoms. The lowest BCUT2D eigenvalue weighted by molar-refractivity contribution is 0.175. The first-order chi connectivity index (χ1) is 6.85. The first kappa shape index (κ1) is 14.1. The fourth-order valence-corrected chi connectivity index (χ4v) is 2.25. The molecule has 0 aliphatic heterocycles. The SMILES string of the molecule is COC(=O)NS(=O)(=O)N(CCO)C(C)C. The van der Waals surface area contributed by atoms with E-state index in [1.54, 1.807) is 18.6 Å². The second-order valence-corrected chi connectivity index (χ2v) is 4.65. The van der Waals surface area contributed by atoms with Gasteiger partial charge in [-0.3, -0.25) is 0 Å². The van der Waals surface area contributed by atoms with Gasteiger partial charge in [0.2, 0.25) is 0 Å². The lowest BCUT2D eigenvalue weighted by atomic mass is 10.4. The summed E-state index contributed by atoms with van der Waals surface area (Å²) in [6, 6.07) is -0.362. The quantitative estimate of drug-likeness (QED) is 0.661. The average molecular weight is 240 g/mol. The molecule has 2 N–H and O–H groups in total. The highest BCUT2D eigenvalue weighted by molar-refractivity contribution is 7.87. The Hall–Kier alpha value is -0.860. The van der Waals surface area contributed by atoms with E-state index in [2.05, 4.69) is 4.74 Å². The minimum atomic E-state index is -3.95. The van der Waals surface area contributed by atoms with Crippen LogP contribution in [0.4, 0.5) is 4.79 Å². The van der Waals surface area contributed by atoms with Gasteiger partial charge in [-0.25, -0.2) is 9.52 Å². The molecule has 0 atom stereocenters. The van der Waals surface area contributed by atoms with Crippen molar-refractivity contribution in [2.24, 2.45) is 0 Å². The Morgan fingerprint density at radius 3 is 2.40 bits per heavy atom. The number of nitrogens with zero attached hydrogens (tertiary/aromatic N) is 1. The van der Waals surface area contributed by atoms with Crippen LogP contribution in [0.5, 0.6) is 0 Å². The van der Waals surface area contributed by atoms with Crippen molar-refractivity contribution in [3.05, 3.63) is 0 Å². The fourth-order valence-electron chi connectivity index (χ4n) is 0.960. The van der Waals surface area contributed by atoms with Crippen LogP contribution < -0.4 is 4.72 Å². The molecule has 0 rings (SSSR count). The Morgan fingerprint density at radius 2 is 2.07 bits per heavy atom. The zero-order chi connectivity index (χ0) is 12.1. The normalized spacial score (nSPS) is 11.9. The van der Waals surface area contributed by atoms with Crippen LogP contribution in [0.25, 0.3) is 0 Å². The molecule has 0 radical (unpaired) electrons. The molecule has 0 fully saturated rings. The molecule has 0 aliphatic rings. The number of hydrogen-bond acceptors (Lipinski definition) is 5. The van der Waals surface area contributed by atoms with E-state index in [0.717, 1.165) is 11.4 Å². The summed E-state index contributed by atoms with van der Waals surface area (Å²) >= 11 is 0. The number of aliphatic hydroxyl groups is 1. The van der Waals surface area contributed by atoms with Gasteiger partial charge in [0, 0.05) is 12.6 Å². The summed E-state index contributed by atoms with van der Waals surface area (Å²) in [7, 11) is -2.88. The highest BCUT2D eigenvalue weighted by Crippen LogP contribution is 2.04. The second kappa shape index (κ2) is 5.89. The maximum Gasteiger partial charge on any atom is 0.421 e. The van der Waals surface area contributed by atoms with Gasteiger partial charge in [-0.2, -0.15) is 12.7 Å². The summed E-state index contributed by atoms with van der Waals surface area (Å²) in [5.74, 6) is 0. The molecule has 0 saturated heterocycles. The van der Waals surface area contributed by atoms with Gasteiger partial charge >= 0.3 is 16.3 Å². The third kappa shape index (κ3) is 4.45. The molecule has 0 aromatic carbocycles. The Labute approximate surface area is 89.2 Å². The zero-order valence-corrected chi connectivity index (χ0v) is 9.74. The predicted molar refractivity (Wildman–Crippen MR) is 53.4 cm³/mol. The van der Waals surface area contributed by atoms with Gasteiger partial charge in [-0.15, -0.1) is 0 Å². The number of hydrogen-bond donors (Lipinski definition) is 2. The minimum Gasteiger partial charge on any atom is -0.452 e. The van der Waals surface area contributed by atoms with Crippen molar-refractivity contribution in [3.63, 3.8) is 0 Å². The summed E-state index contributed by atoms with van der Waals surface area (Å²) in [5.41, 5.74) is 0. The van der Waals surface area contributed by atoms with Crippen LogP contribution in [0.15, 0.2) is 0 Å². The Morgan fingerprint density at radius 1 is 1.53 bits per heavy atom. The van der Waals surface area contributed by atoms with Crippen LogP contribution in [-0.2, 0) is 14.9 Å². The van der Waals surface area contributed by atoms with E-state index in [-0.39, 0.29) is 19.2 Å². The van der Waals surface area contributed by atoms with Crippen LogP contribution in [0, 0.1) is 0 Å². The number of amides is 1. The minimum absolute atomic E-state index is 0.0794. The number of nitrogens with one attached hydrogen (secondary N) is 1. The standard InChI is InChI=1S/C7H16N2O5S/c1-6(2)9(4-5-10)15(12,13)8-7(11)14-3/h6,10H,4-5H2,1-3H3,(H,8,11). The summed E-state index contributed by atoms with van der Waals surface area (Å²) < 4.78 is 29.9. The molecule has 90 valence electrons. The van der Waals surface area contributed by atoms with Crippen molar-refractivity contribution in [1.29, 1.82) is 0 Å². The number of carbonyl (C=O) groups is 1. The smallest absolute Gasteiger partial charge is 0.421 e. The van der Waals surface area contributed by atoms with Crippen LogP contribution >= 0.6 is 0 Å². The zero-order valence-electron chi connectivity index (χ0n) is 8.93. The summed E-state index contributed by atoms with van der Waals surface area (Å²) in [4.78, 5) is 10.8. The van der Waals surface area contributed by atoms with E-state index in [4.69, 9.17) is 5.11 Å². The van der Waals surface area contributed by atoms with E-state index in [1.807, 2.05) is 0 Å². The number of carbonyl (C=O) groups excluding carboxylic acids is 1. The number of rotatable bonds is 5. The van der Waals surface area contributed by atoms with Gasteiger partial charge < -0.3 is 9.84 Å². The largest absolute Gasteiger partial charge is 0.452 e. The van der Waals surface area contributed by atoms with Crippen molar-refractivity contribution in [2.45, 2.75) is 19.9 Å². The first-order valence-electron chi connectivity index (χ1n) is 4.33. The molecule has 0 spiro atoms. The lowest BCUT2D eigenvalue weighted by Crippen LogP contribution is -2.47. The average Bonchev–Trinajstić information content (AvgIpc) is 2.12. The van der Waals surface area contributed by atoms with Crippen molar-refractivity contribution >= 4 is 16.3 Å². The molecule has 0 aromatic heterocycles. The monoisotopic (exact) mass is 240 g/mol. The van der Waals surface area contributed by atoms with Crippen LogP contribution in [0.2, 0.25) is 0 Å². The van der Waals surface area contributed by atoms with Gasteiger partial charge in [-0.1, -0.05) is 0 Å². The summed E-state index contributed by atoms with van der Waals surface area (Å²) in [6.07, 6.45) is -1.06. The number of ether oxygens (including phenoxy) is 1. The van der Waals surface area contributed by atoms with Crippen molar-refractivity contribution in [1.82, 2.24) is 9.03 Å². The Kier molecular flexibility index (Phi) is 5.55. The maximum absolute atomic E-state index is 11.5. The maximum atomic E-state index is 11.5. The van der Waals surface area contributed by atoms with Crippen LogP contribution in [0.3, 0.4) is 0 Å². The summed E-state index contributed by atoms with van der Waals surface area (Å²) in [5, 5.41) is 8.69. The van der Waals surface area contributed by atoms with Gasteiger partial charge in [-0.05, 0) is 13.8 Å². The molecular formula is C7H16N2O5S. The molecule has 0 unspecified atom stereocenters.